The van der Waals surface area contributed by atoms with E-state index in [4.69, 9.17) is 9.84 Å². The predicted molar refractivity (Wildman–Crippen MR) is 75.7 cm³/mol. The minimum Gasteiger partial charge on any atom is -0.384 e. The lowest BCUT2D eigenvalue weighted by Gasteiger charge is -2.35. The number of ether oxygens (including phenoxy) is 1. The van der Waals surface area contributed by atoms with E-state index in [9.17, 15) is 0 Å². The zero-order valence-electron chi connectivity index (χ0n) is 11.6. The summed E-state index contributed by atoms with van der Waals surface area (Å²) in [6.07, 6.45) is 0.608. The third-order valence-corrected chi connectivity index (χ3v) is 3.17. The molecule has 3 nitrogen and oxygen atoms in total. The summed E-state index contributed by atoms with van der Waals surface area (Å²) >= 11 is 0. The minimum absolute atomic E-state index is 0.0920. The molecule has 0 aliphatic carbocycles. The van der Waals surface area contributed by atoms with Crippen LogP contribution in [0, 0.1) is 11.8 Å². The minimum atomic E-state index is -0.0920. The van der Waals surface area contributed by atoms with E-state index in [1.165, 1.54) is 5.56 Å². The molecule has 0 bridgehead atoms. The first kappa shape index (κ1) is 14.1. The van der Waals surface area contributed by atoms with E-state index in [2.05, 4.69) is 42.7 Å². The summed E-state index contributed by atoms with van der Waals surface area (Å²) in [7, 11) is 0. The molecular weight excluding hydrogens is 238 g/mol. The van der Waals surface area contributed by atoms with Crippen LogP contribution in [0.4, 0.5) is 0 Å². The van der Waals surface area contributed by atoms with Crippen molar-refractivity contribution < 1.29 is 9.84 Å². The lowest BCUT2D eigenvalue weighted by molar-refractivity contribution is -0.0704. The molecule has 1 saturated heterocycles. The number of rotatable bonds is 2. The number of aliphatic hydroxyl groups excluding tert-OH is 1. The molecule has 2 atom stereocenters. The first-order valence-electron chi connectivity index (χ1n) is 6.74. The van der Waals surface area contributed by atoms with Crippen LogP contribution in [0.5, 0.6) is 0 Å². The second-order valence-electron chi connectivity index (χ2n) is 5.11. The summed E-state index contributed by atoms with van der Waals surface area (Å²) in [6.45, 7) is 7.07. The van der Waals surface area contributed by atoms with E-state index >= 15 is 0 Å². The van der Waals surface area contributed by atoms with Gasteiger partial charge < -0.3 is 9.84 Å². The fourth-order valence-corrected chi connectivity index (χ4v) is 2.51. The number of morpholine rings is 1. The Bertz CT molecular complexity index is 448. The Balaban J connectivity index is 1.95. The fraction of sp³-hybridized carbons (Fsp3) is 0.500. The van der Waals surface area contributed by atoms with Crippen LogP contribution in [0.3, 0.4) is 0 Å². The summed E-state index contributed by atoms with van der Waals surface area (Å²) < 4.78 is 5.73. The number of aliphatic hydroxyl groups is 1. The van der Waals surface area contributed by atoms with Crippen LogP contribution in [0.2, 0.25) is 0 Å². The molecule has 0 saturated carbocycles. The molecule has 1 N–H and O–H groups in total. The SMILES string of the molecule is CC1CN(Cc2ccc(C#CCO)cc2)CC(C)O1. The highest BCUT2D eigenvalue weighted by Crippen LogP contribution is 2.14. The highest BCUT2D eigenvalue weighted by atomic mass is 16.5. The molecule has 2 unspecified atom stereocenters. The molecule has 1 aliphatic rings. The number of nitrogens with zero attached hydrogens (tertiary/aromatic N) is 1. The Kier molecular flexibility index (Phi) is 4.98. The number of hydrogen-bond donors (Lipinski definition) is 1. The normalized spacial score (nSPS) is 23.7. The van der Waals surface area contributed by atoms with E-state index in [0.717, 1.165) is 25.2 Å². The van der Waals surface area contributed by atoms with Gasteiger partial charge >= 0.3 is 0 Å². The molecule has 1 aliphatic heterocycles. The molecule has 1 aromatic rings. The van der Waals surface area contributed by atoms with Crippen molar-refractivity contribution in [2.24, 2.45) is 0 Å². The summed E-state index contributed by atoms with van der Waals surface area (Å²) in [5, 5.41) is 8.66. The van der Waals surface area contributed by atoms with Crippen molar-refractivity contribution in [2.75, 3.05) is 19.7 Å². The van der Waals surface area contributed by atoms with E-state index in [1.807, 2.05) is 12.1 Å². The summed E-state index contributed by atoms with van der Waals surface area (Å²) in [6, 6.07) is 8.22. The maximum Gasteiger partial charge on any atom is 0.104 e. The largest absolute Gasteiger partial charge is 0.384 e. The molecule has 0 amide bonds. The summed E-state index contributed by atoms with van der Waals surface area (Å²) in [5.41, 5.74) is 2.23. The quantitative estimate of drug-likeness (QED) is 0.820. The lowest BCUT2D eigenvalue weighted by atomic mass is 10.1. The van der Waals surface area contributed by atoms with E-state index in [1.54, 1.807) is 0 Å². The van der Waals surface area contributed by atoms with Crippen LogP contribution in [-0.4, -0.2) is 41.9 Å². The summed E-state index contributed by atoms with van der Waals surface area (Å²) in [5.74, 6) is 5.56. The van der Waals surface area contributed by atoms with Gasteiger partial charge in [-0.1, -0.05) is 24.0 Å². The second kappa shape index (κ2) is 6.72. The van der Waals surface area contributed by atoms with Crippen molar-refractivity contribution in [2.45, 2.75) is 32.6 Å². The van der Waals surface area contributed by atoms with Gasteiger partial charge in [0.15, 0.2) is 0 Å². The van der Waals surface area contributed by atoms with Crippen molar-refractivity contribution in [1.82, 2.24) is 4.90 Å². The first-order chi connectivity index (χ1) is 9.17. The van der Waals surface area contributed by atoms with Gasteiger partial charge in [-0.25, -0.2) is 0 Å². The van der Waals surface area contributed by atoms with Crippen LogP contribution in [0.25, 0.3) is 0 Å². The van der Waals surface area contributed by atoms with Gasteiger partial charge in [0.05, 0.1) is 12.2 Å². The van der Waals surface area contributed by atoms with Crippen LogP contribution >= 0.6 is 0 Å². The molecular formula is C16H21NO2. The van der Waals surface area contributed by atoms with Crippen LogP contribution in [-0.2, 0) is 11.3 Å². The van der Waals surface area contributed by atoms with E-state index in [-0.39, 0.29) is 6.61 Å². The zero-order valence-corrected chi connectivity index (χ0v) is 11.6. The molecule has 1 fully saturated rings. The van der Waals surface area contributed by atoms with Gasteiger partial charge in [0.2, 0.25) is 0 Å². The summed E-state index contributed by atoms with van der Waals surface area (Å²) in [4.78, 5) is 2.42. The van der Waals surface area contributed by atoms with Crippen LogP contribution in [0.15, 0.2) is 24.3 Å². The van der Waals surface area contributed by atoms with Crippen molar-refractivity contribution in [3.05, 3.63) is 35.4 Å². The van der Waals surface area contributed by atoms with E-state index in [0.29, 0.717) is 12.2 Å². The van der Waals surface area contributed by atoms with E-state index < -0.39 is 0 Å². The Morgan fingerprint density at radius 2 is 1.84 bits per heavy atom. The molecule has 0 aromatic heterocycles. The molecule has 0 radical (unpaired) electrons. The average Bonchev–Trinajstić information content (AvgIpc) is 2.37. The Morgan fingerprint density at radius 3 is 2.42 bits per heavy atom. The molecule has 1 aromatic carbocycles. The van der Waals surface area contributed by atoms with Crippen molar-refractivity contribution in [3.8, 4) is 11.8 Å². The highest BCUT2D eigenvalue weighted by Gasteiger charge is 2.21. The maximum absolute atomic E-state index is 8.66. The Morgan fingerprint density at radius 1 is 1.21 bits per heavy atom. The predicted octanol–water partition coefficient (Wildman–Crippen LogP) is 1.64. The Hall–Kier alpha value is -1.34. The van der Waals surface area contributed by atoms with Gasteiger partial charge in [-0.2, -0.15) is 0 Å². The Labute approximate surface area is 115 Å². The molecule has 102 valence electrons. The lowest BCUT2D eigenvalue weighted by Crippen LogP contribution is -2.44. The number of benzene rings is 1. The molecule has 2 rings (SSSR count). The second-order valence-corrected chi connectivity index (χ2v) is 5.11. The third kappa shape index (κ3) is 4.36. The topological polar surface area (TPSA) is 32.7 Å². The van der Waals surface area contributed by atoms with Crippen molar-refractivity contribution in [3.63, 3.8) is 0 Å². The van der Waals surface area contributed by atoms with Gasteiger partial charge in [0.1, 0.15) is 6.61 Å². The maximum atomic E-state index is 8.66. The highest BCUT2D eigenvalue weighted by molar-refractivity contribution is 5.36. The molecule has 1 heterocycles. The fourth-order valence-electron chi connectivity index (χ4n) is 2.51. The van der Waals surface area contributed by atoms with Gasteiger partial charge in [0, 0.05) is 25.2 Å². The van der Waals surface area contributed by atoms with Gasteiger partial charge in [-0.05, 0) is 31.5 Å². The monoisotopic (exact) mass is 259 g/mol. The van der Waals surface area contributed by atoms with Crippen molar-refractivity contribution >= 4 is 0 Å². The molecule has 19 heavy (non-hydrogen) atoms. The van der Waals surface area contributed by atoms with Crippen LogP contribution < -0.4 is 0 Å². The van der Waals surface area contributed by atoms with Crippen molar-refractivity contribution in [1.29, 1.82) is 0 Å². The van der Waals surface area contributed by atoms with Gasteiger partial charge in [-0.3, -0.25) is 4.90 Å². The van der Waals surface area contributed by atoms with Crippen LogP contribution in [0.1, 0.15) is 25.0 Å². The molecule has 3 heteroatoms. The standard InChI is InChI=1S/C16H21NO2/c1-13-10-17(11-14(2)19-13)12-16-7-5-15(6-8-16)4-3-9-18/h5-8,13-14,18H,9-12H2,1-2H3. The zero-order chi connectivity index (χ0) is 13.7. The number of hydrogen-bond acceptors (Lipinski definition) is 3. The third-order valence-electron chi connectivity index (χ3n) is 3.17. The van der Waals surface area contributed by atoms with Gasteiger partial charge in [0.25, 0.3) is 0 Å². The van der Waals surface area contributed by atoms with Gasteiger partial charge in [-0.15, -0.1) is 0 Å². The smallest absolute Gasteiger partial charge is 0.104 e. The molecule has 0 spiro atoms. The first-order valence-corrected chi connectivity index (χ1v) is 6.74. The average molecular weight is 259 g/mol.